The maximum Gasteiger partial charge on any atom is 0.262 e. The lowest BCUT2D eigenvalue weighted by molar-refractivity contribution is -0.136. The number of imide groups is 2. The third-order valence-corrected chi connectivity index (χ3v) is 9.67. The molecule has 0 spiro atoms. The first-order valence-corrected chi connectivity index (χ1v) is 16.7. The van der Waals surface area contributed by atoms with E-state index in [0.717, 1.165) is 34.6 Å². The third kappa shape index (κ3) is 6.41. The van der Waals surface area contributed by atoms with Gasteiger partial charge in [-0.25, -0.2) is 0 Å². The van der Waals surface area contributed by atoms with Gasteiger partial charge in [0.05, 0.1) is 22.9 Å². The summed E-state index contributed by atoms with van der Waals surface area (Å²) >= 11 is 0. The minimum absolute atomic E-state index is 0.0347. The average Bonchev–Trinajstić information content (AvgIpc) is 3.32. The zero-order chi connectivity index (χ0) is 35.2. The van der Waals surface area contributed by atoms with Crippen molar-refractivity contribution in [1.82, 2.24) is 20.4 Å². The van der Waals surface area contributed by atoms with Gasteiger partial charge in [0, 0.05) is 42.5 Å². The number of aliphatic hydroxyl groups excluding tert-OH is 1. The van der Waals surface area contributed by atoms with Crippen molar-refractivity contribution in [2.24, 2.45) is 0 Å². The van der Waals surface area contributed by atoms with Crippen molar-refractivity contribution in [3.05, 3.63) is 107 Å². The molecule has 2 unspecified atom stereocenters. The molecular formula is C38H37N5O7. The van der Waals surface area contributed by atoms with Gasteiger partial charge in [-0.1, -0.05) is 38.1 Å². The number of benzene rings is 3. The van der Waals surface area contributed by atoms with Gasteiger partial charge >= 0.3 is 0 Å². The van der Waals surface area contributed by atoms with Gasteiger partial charge in [0.2, 0.25) is 17.7 Å². The summed E-state index contributed by atoms with van der Waals surface area (Å²) in [5.74, 6) is -0.303. The van der Waals surface area contributed by atoms with Crippen LogP contribution in [0, 0.1) is 0 Å². The Morgan fingerprint density at radius 1 is 0.860 bits per heavy atom. The third-order valence-electron chi connectivity index (χ3n) is 9.67. The molecule has 3 aliphatic rings. The number of anilines is 1. The molecule has 0 radical (unpaired) electrons. The molecule has 12 nitrogen and oxygen atoms in total. The van der Waals surface area contributed by atoms with Gasteiger partial charge in [0.25, 0.3) is 11.8 Å². The zero-order valence-electron chi connectivity index (χ0n) is 27.9. The first-order chi connectivity index (χ1) is 24.0. The molecule has 7 rings (SSSR count). The molecule has 2 fully saturated rings. The Balaban J connectivity index is 0.910. The van der Waals surface area contributed by atoms with Crippen molar-refractivity contribution < 1.29 is 33.8 Å². The molecule has 3 heterocycles. The molecule has 4 amide bonds. The Labute approximate surface area is 288 Å². The van der Waals surface area contributed by atoms with E-state index in [2.05, 4.69) is 46.8 Å². The average molecular weight is 676 g/mol. The van der Waals surface area contributed by atoms with Crippen molar-refractivity contribution >= 4 is 29.3 Å². The number of ether oxygens (including phenoxy) is 2. The maximum atomic E-state index is 13.2. The first-order valence-electron chi connectivity index (χ1n) is 16.7. The number of aliphatic hydroxyl groups is 1. The number of rotatable bonds is 10. The minimum Gasteiger partial charge on any atom is -0.490 e. The second-order valence-electron chi connectivity index (χ2n) is 13.5. The Kier molecular flexibility index (Phi) is 8.56. The molecule has 3 N–H and O–H groups in total. The highest BCUT2D eigenvalue weighted by Gasteiger charge is 2.44. The summed E-state index contributed by atoms with van der Waals surface area (Å²) in [6.45, 7) is 5.96. The topological polar surface area (TPSA) is 160 Å². The van der Waals surface area contributed by atoms with E-state index in [-0.39, 0.29) is 41.5 Å². The van der Waals surface area contributed by atoms with Crippen molar-refractivity contribution in [3.8, 4) is 17.4 Å². The SMILES string of the molecule is CC(O)c1ccc(Oc2ccc(C(C)(C)c3ccc(O[C@H]4C[C@H](Nc5ccc6c(c5)C(=O)N(C5CCC(=O)NC5=O)C6=O)C4)cc3)cc2)nn1. The van der Waals surface area contributed by atoms with Crippen LogP contribution in [0.2, 0.25) is 0 Å². The van der Waals surface area contributed by atoms with E-state index in [1.165, 1.54) is 0 Å². The summed E-state index contributed by atoms with van der Waals surface area (Å²) in [6.07, 6.45) is 1.08. The summed E-state index contributed by atoms with van der Waals surface area (Å²) in [6, 6.07) is 23.5. The molecule has 2 atom stereocenters. The van der Waals surface area contributed by atoms with Crippen molar-refractivity contribution in [1.29, 1.82) is 0 Å². The van der Waals surface area contributed by atoms with E-state index in [1.807, 2.05) is 36.4 Å². The summed E-state index contributed by atoms with van der Waals surface area (Å²) in [5, 5.41) is 23.3. The summed E-state index contributed by atoms with van der Waals surface area (Å²) in [4.78, 5) is 51.0. The van der Waals surface area contributed by atoms with Crippen LogP contribution in [0.3, 0.4) is 0 Å². The molecule has 1 saturated carbocycles. The molecule has 50 heavy (non-hydrogen) atoms. The van der Waals surface area contributed by atoms with Crippen LogP contribution >= 0.6 is 0 Å². The molecule has 1 aliphatic carbocycles. The van der Waals surface area contributed by atoms with Gasteiger partial charge in [0.15, 0.2) is 0 Å². The number of nitrogens with one attached hydrogen (secondary N) is 2. The van der Waals surface area contributed by atoms with Gasteiger partial charge in [-0.3, -0.25) is 29.4 Å². The number of hydrogen-bond donors (Lipinski definition) is 3. The second kappa shape index (κ2) is 13.0. The second-order valence-corrected chi connectivity index (χ2v) is 13.5. The van der Waals surface area contributed by atoms with Crippen LogP contribution in [-0.2, 0) is 15.0 Å². The van der Waals surface area contributed by atoms with E-state index in [9.17, 15) is 24.3 Å². The summed E-state index contributed by atoms with van der Waals surface area (Å²) < 4.78 is 12.1. The Hall–Kier alpha value is -5.62. The number of hydrogen-bond acceptors (Lipinski definition) is 10. The molecule has 1 aromatic heterocycles. The van der Waals surface area contributed by atoms with E-state index in [0.29, 0.717) is 23.0 Å². The van der Waals surface area contributed by atoms with Crippen LogP contribution in [0.4, 0.5) is 5.69 Å². The minimum atomic E-state index is -0.989. The lowest BCUT2D eigenvalue weighted by atomic mass is 9.78. The fourth-order valence-corrected chi connectivity index (χ4v) is 6.55. The molecule has 4 aromatic rings. The molecular weight excluding hydrogens is 638 g/mol. The van der Waals surface area contributed by atoms with Crippen LogP contribution in [0.25, 0.3) is 0 Å². The predicted molar refractivity (Wildman–Crippen MR) is 182 cm³/mol. The lowest BCUT2D eigenvalue weighted by Crippen LogP contribution is -2.54. The molecule has 0 bridgehead atoms. The van der Waals surface area contributed by atoms with Gasteiger partial charge in [-0.05, 0) is 73.0 Å². The monoisotopic (exact) mass is 675 g/mol. The summed E-state index contributed by atoms with van der Waals surface area (Å²) in [7, 11) is 0. The van der Waals surface area contributed by atoms with Crippen molar-refractivity contribution in [3.63, 3.8) is 0 Å². The summed E-state index contributed by atoms with van der Waals surface area (Å²) in [5.41, 5.74) is 3.67. The smallest absolute Gasteiger partial charge is 0.262 e. The Morgan fingerprint density at radius 2 is 1.52 bits per heavy atom. The molecule has 3 aromatic carbocycles. The zero-order valence-corrected chi connectivity index (χ0v) is 27.9. The Morgan fingerprint density at radius 3 is 2.14 bits per heavy atom. The van der Waals surface area contributed by atoms with E-state index in [1.54, 1.807) is 37.3 Å². The number of amides is 4. The highest BCUT2D eigenvalue weighted by atomic mass is 16.5. The van der Waals surface area contributed by atoms with Gasteiger partial charge < -0.3 is 19.9 Å². The number of fused-ring (bicyclic) bond motifs is 1. The van der Waals surface area contributed by atoms with E-state index >= 15 is 0 Å². The van der Waals surface area contributed by atoms with Gasteiger partial charge in [-0.2, -0.15) is 0 Å². The van der Waals surface area contributed by atoms with E-state index < -0.39 is 35.8 Å². The van der Waals surface area contributed by atoms with Crippen LogP contribution in [0.15, 0.2) is 78.9 Å². The van der Waals surface area contributed by atoms with Crippen LogP contribution in [0.1, 0.15) is 90.1 Å². The largest absolute Gasteiger partial charge is 0.490 e. The molecule has 1 saturated heterocycles. The Bertz CT molecular complexity index is 1950. The number of carbonyl (C=O) groups is 4. The van der Waals surface area contributed by atoms with Gasteiger partial charge in [-0.15, -0.1) is 10.2 Å². The molecule has 256 valence electrons. The van der Waals surface area contributed by atoms with Crippen molar-refractivity contribution in [2.75, 3.05) is 5.32 Å². The predicted octanol–water partition coefficient (Wildman–Crippen LogP) is 5.07. The number of carbonyl (C=O) groups excluding carboxylic acids is 4. The van der Waals surface area contributed by atoms with E-state index in [4.69, 9.17) is 9.47 Å². The lowest BCUT2D eigenvalue weighted by Gasteiger charge is -2.36. The highest BCUT2D eigenvalue weighted by molar-refractivity contribution is 6.23. The van der Waals surface area contributed by atoms with Crippen LogP contribution in [0.5, 0.6) is 17.4 Å². The quantitative estimate of drug-likeness (QED) is 0.194. The molecule has 2 aliphatic heterocycles. The van der Waals surface area contributed by atoms with Crippen LogP contribution < -0.4 is 20.1 Å². The fourth-order valence-electron chi connectivity index (χ4n) is 6.55. The standard InChI is InChI=1S/C38H37N5O7/c1-21(44)31-14-17-34(42-41-31)50-27-11-6-23(7-12-27)38(2,3)22-4-9-26(10-5-22)49-28-18-25(19-28)39-24-8-13-29-30(20-24)37(48)43(36(29)47)32-15-16-33(45)40-35(32)46/h4-14,17,20-21,25,28,32,39,44H,15-16,18-19H2,1-3H3,(H,40,45,46)/t21?,25-,28-,32?. The highest BCUT2D eigenvalue weighted by Crippen LogP contribution is 2.36. The van der Waals surface area contributed by atoms with Crippen molar-refractivity contribution in [2.45, 2.75) is 76.2 Å². The number of aromatic nitrogens is 2. The van der Waals surface area contributed by atoms with Crippen LogP contribution in [-0.4, -0.2) is 62.0 Å². The normalized spacial score (nSPS) is 20.9. The molecule has 12 heteroatoms. The first kappa shape index (κ1) is 32.9. The van der Waals surface area contributed by atoms with Gasteiger partial charge in [0.1, 0.15) is 23.6 Å². The number of nitrogens with zero attached hydrogens (tertiary/aromatic N) is 3. The number of piperidine rings is 1. The fraction of sp³-hybridized carbons (Fsp3) is 0.316. The maximum absolute atomic E-state index is 13.2.